The lowest BCUT2D eigenvalue weighted by Crippen LogP contribution is -2.39. The number of benzene rings is 2. The van der Waals surface area contributed by atoms with Gasteiger partial charge in [-0.25, -0.2) is 9.38 Å². The number of halogens is 1. The number of phenolic OH excluding ortho intramolecular Hbond substituents is 1. The number of nitrogens with zero attached hydrogens (tertiary/aromatic N) is 2. The molecule has 0 saturated carbocycles. The molecule has 1 N–H and O–H groups in total. The Hall–Kier alpha value is -2.62. The largest absolute Gasteiger partial charge is 0.507 e. The number of para-hydroxylation sites is 1. The first-order chi connectivity index (χ1) is 12.5. The van der Waals surface area contributed by atoms with Crippen molar-refractivity contribution in [2.45, 2.75) is 27.2 Å². The predicted octanol–water partition coefficient (Wildman–Crippen LogP) is 4.77. The lowest BCUT2D eigenvalue weighted by molar-refractivity contribution is 0.420. The maximum absolute atomic E-state index is 14.0. The number of hydrogen-bond donors (Lipinski definition) is 1. The van der Waals surface area contributed by atoms with E-state index in [1.807, 2.05) is 31.2 Å². The third-order valence-electron chi connectivity index (χ3n) is 4.85. The second kappa shape index (κ2) is 7.73. The Morgan fingerprint density at radius 2 is 1.81 bits per heavy atom. The van der Waals surface area contributed by atoms with Crippen molar-refractivity contribution >= 4 is 5.84 Å². The van der Waals surface area contributed by atoms with Crippen LogP contribution in [0.15, 0.2) is 64.8 Å². The van der Waals surface area contributed by atoms with Crippen LogP contribution in [0.5, 0.6) is 5.75 Å². The molecule has 0 amide bonds. The van der Waals surface area contributed by atoms with E-state index >= 15 is 0 Å². The van der Waals surface area contributed by atoms with Crippen molar-refractivity contribution in [1.82, 2.24) is 4.90 Å². The van der Waals surface area contributed by atoms with Crippen LogP contribution in [0.2, 0.25) is 0 Å². The van der Waals surface area contributed by atoms with E-state index in [0.29, 0.717) is 30.0 Å². The van der Waals surface area contributed by atoms with E-state index in [4.69, 9.17) is 4.99 Å². The minimum Gasteiger partial charge on any atom is -0.507 e. The van der Waals surface area contributed by atoms with Gasteiger partial charge in [0.05, 0.1) is 5.56 Å². The highest BCUT2D eigenvalue weighted by molar-refractivity contribution is 6.02. The molecule has 0 spiro atoms. The SMILES string of the molecule is CC1=C(C(C)C)CN(CCc2ccccc2F)C(c2ccccc2O)=N1. The van der Waals surface area contributed by atoms with Gasteiger partial charge in [-0.1, -0.05) is 44.2 Å². The van der Waals surface area contributed by atoms with E-state index < -0.39 is 0 Å². The molecule has 0 unspecified atom stereocenters. The van der Waals surface area contributed by atoms with Crippen LogP contribution in [0.1, 0.15) is 31.9 Å². The monoisotopic (exact) mass is 352 g/mol. The van der Waals surface area contributed by atoms with E-state index in [2.05, 4.69) is 18.7 Å². The number of amidine groups is 1. The van der Waals surface area contributed by atoms with Gasteiger partial charge >= 0.3 is 0 Å². The van der Waals surface area contributed by atoms with Crippen LogP contribution in [-0.4, -0.2) is 28.9 Å². The Morgan fingerprint density at radius 1 is 1.12 bits per heavy atom. The molecule has 0 fully saturated rings. The van der Waals surface area contributed by atoms with Crippen LogP contribution < -0.4 is 0 Å². The maximum atomic E-state index is 14.0. The Bertz CT molecular complexity index is 855. The third kappa shape index (κ3) is 3.79. The highest BCUT2D eigenvalue weighted by atomic mass is 19.1. The molecule has 1 aliphatic heterocycles. The first-order valence-electron chi connectivity index (χ1n) is 9.02. The minimum absolute atomic E-state index is 0.179. The van der Waals surface area contributed by atoms with Crippen LogP contribution in [0.3, 0.4) is 0 Å². The molecule has 3 nitrogen and oxygen atoms in total. The van der Waals surface area contributed by atoms with Gasteiger partial charge < -0.3 is 10.0 Å². The molecule has 1 aliphatic rings. The summed E-state index contributed by atoms with van der Waals surface area (Å²) in [6.07, 6.45) is 0.587. The number of phenols is 1. The summed E-state index contributed by atoms with van der Waals surface area (Å²) in [6, 6.07) is 14.1. The smallest absolute Gasteiger partial charge is 0.140 e. The van der Waals surface area contributed by atoms with Crippen LogP contribution in [0.25, 0.3) is 0 Å². The molecule has 136 valence electrons. The third-order valence-corrected chi connectivity index (χ3v) is 4.85. The summed E-state index contributed by atoms with van der Waals surface area (Å²) in [6.45, 7) is 7.72. The van der Waals surface area contributed by atoms with E-state index in [9.17, 15) is 9.50 Å². The molecular weight excluding hydrogens is 327 g/mol. The van der Waals surface area contributed by atoms with Gasteiger partial charge in [-0.05, 0) is 48.6 Å². The average Bonchev–Trinajstić information content (AvgIpc) is 2.62. The maximum Gasteiger partial charge on any atom is 0.140 e. The lowest BCUT2D eigenvalue weighted by Gasteiger charge is -2.33. The van der Waals surface area contributed by atoms with E-state index in [1.165, 1.54) is 11.6 Å². The summed E-state index contributed by atoms with van der Waals surface area (Å²) in [7, 11) is 0. The number of rotatable bonds is 5. The Labute approximate surface area is 154 Å². The van der Waals surface area contributed by atoms with Gasteiger partial charge in [-0.2, -0.15) is 0 Å². The Kier molecular flexibility index (Phi) is 5.40. The molecule has 0 bridgehead atoms. The second-order valence-corrected chi connectivity index (χ2v) is 6.98. The van der Waals surface area contributed by atoms with Gasteiger partial charge in [-0.15, -0.1) is 0 Å². The first-order valence-corrected chi connectivity index (χ1v) is 9.02. The minimum atomic E-state index is -0.179. The Morgan fingerprint density at radius 3 is 2.50 bits per heavy atom. The summed E-state index contributed by atoms with van der Waals surface area (Å²) in [5, 5.41) is 10.3. The highest BCUT2D eigenvalue weighted by Gasteiger charge is 2.24. The van der Waals surface area contributed by atoms with Gasteiger partial charge in [0.1, 0.15) is 17.4 Å². The van der Waals surface area contributed by atoms with Gasteiger partial charge in [0.15, 0.2) is 0 Å². The number of aromatic hydroxyl groups is 1. The molecule has 3 rings (SSSR count). The molecule has 0 atom stereocenters. The van der Waals surface area contributed by atoms with Gasteiger partial charge in [0.25, 0.3) is 0 Å². The van der Waals surface area contributed by atoms with Gasteiger partial charge in [0, 0.05) is 18.8 Å². The van der Waals surface area contributed by atoms with Crippen LogP contribution >= 0.6 is 0 Å². The Balaban J connectivity index is 1.92. The lowest BCUT2D eigenvalue weighted by atomic mass is 9.98. The molecule has 2 aromatic carbocycles. The summed E-state index contributed by atoms with van der Waals surface area (Å²) in [5.74, 6) is 1.17. The molecule has 0 aliphatic carbocycles. The molecule has 2 aromatic rings. The van der Waals surface area contributed by atoms with Crippen LogP contribution in [0.4, 0.5) is 4.39 Å². The summed E-state index contributed by atoms with van der Waals surface area (Å²) in [4.78, 5) is 6.94. The standard InChI is InChI=1S/C22H25FN2O/c1-15(2)19-14-25(13-12-17-8-4-6-10-20(17)23)22(24-16(19)3)18-9-5-7-11-21(18)26/h4-11,15,26H,12-14H2,1-3H3. The fraction of sp³-hybridized carbons (Fsp3) is 0.318. The topological polar surface area (TPSA) is 35.8 Å². The van der Waals surface area contributed by atoms with Crippen molar-refractivity contribution in [1.29, 1.82) is 0 Å². The van der Waals surface area contributed by atoms with Gasteiger partial charge in [-0.3, -0.25) is 0 Å². The van der Waals surface area contributed by atoms with Crippen molar-refractivity contribution in [3.63, 3.8) is 0 Å². The van der Waals surface area contributed by atoms with Crippen molar-refractivity contribution in [3.05, 3.63) is 76.7 Å². The fourth-order valence-corrected chi connectivity index (χ4v) is 3.33. The molecule has 0 saturated heterocycles. The molecule has 0 aromatic heterocycles. The second-order valence-electron chi connectivity index (χ2n) is 6.98. The number of aliphatic imine (C=N–C) groups is 1. The highest BCUT2D eigenvalue weighted by Crippen LogP contribution is 2.27. The molecular formula is C22H25FN2O. The van der Waals surface area contributed by atoms with Crippen LogP contribution in [0, 0.1) is 11.7 Å². The molecule has 0 radical (unpaired) electrons. The van der Waals surface area contributed by atoms with Gasteiger partial charge in [0.2, 0.25) is 0 Å². The number of hydrogen-bond acceptors (Lipinski definition) is 3. The zero-order chi connectivity index (χ0) is 18.7. The molecule has 26 heavy (non-hydrogen) atoms. The molecule has 1 heterocycles. The zero-order valence-corrected chi connectivity index (χ0v) is 15.5. The van der Waals surface area contributed by atoms with Crippen molar-refractivity contribution in [3.8, 4) is 5.75 Å². The van der Waals surface area contributed by atoms with Crippen molar-refractivity contribution in [2.24, 2.45) is 10.9 Å². The fourth-order valence-electron chi connectivity index (χ4n) is 3.33. The zero-order valence-electron chi connectivity index (χ0n) is 15.5. The van der Waals surface area contributed by atoms with E-state index in [0.717, 1.165) is 18.1 Å². The number of allylic oxidation sites excluding steroid dienone is 1. The normalized spacial score (nSPS) is 14.8. The van der Waals surface area contributed by atoms with E-state index in [-0.39, 0.29) is 11.6 Å². The van der Waals surface area contributed by atoms with Crippen molar-refractivity contribution < 1.29 is 9.50 Å². The summed E-state index contributed by atoms with van der Waals surface area (Å²) >= 11 is 0. The average molecular weight is 352 g/mol. The predicted molar refractivity (Wildman–Crippen MR) is 104 cm³/mol. The first kappa shape index (κ1) is 18.2. The summed E-state index contributed by atoms with van der Waals surface area (Å²) < 4.78 is 14.0. The quantitative estimate of drug-likeness (QED) is 0.842. The summed E-state index contributed by atoms with van der Waals surface area (Å²) in [5.41, 5.74) is 3.68. The van der Waals surface area contributed by atoms with Crippen molar-refractivity contribution in [2.75, 3.05) is 13.1 Å². The molecule has 4 heteroatoms. The van der Waals surface area contributed by atoms with E-state index in [1.54, 1.807) is 18.2 Å². The van der Waals surface area contributed by atoms with Crippen LogP contribution in [-0.2, 0) is 6.42 Å².